The maximum absolute atomic E-state index is 3.27. The fourth-order valence-corrected chi connectivity index (χ4v) is 2.83. The van der Waals surface area contributed by atoms with E-state index in [9.17, 15) is 0 Å². The summed E-state index contributed by atoms with van der Waals surface area (Å²) in [5.41, 5.74) is 0.430. The maximum atomic E-state index is 3.27. The van der Waals surface area contributed by atoms with Crippen LogP contribution in [0.3, 0.4) is 0 Å². The predicted octanol–water partition coefficient (Wildman–Crippen LogP) is 7.52. The summed E-state index contributed by atoms with van der Waals surface area (Å²) >= 11 is 0. The van der Waals surface area contributed by atoms with Crippen LogP contribution in [0, 0.1) is 51.8 Å². The van der Waals surface area contributed by atoms with Gasteiger partial charge in [-0.2, -0.15) is 0 Å². The summed E-state index contributed by atoms with van der Waals surface area (Å²) in [6.45, 7) is 37.5. The summed E-state index contributed by atoms with van der Waals surface area (Å²) in [6, 6.07) is 1.15. The molecule has 0 aromatic heterocycles. The lowest BCUT2D eigenvalue weighted by atomic mass is 9.98. The van der Waals surface area contributed by atoms with Gasteiger partial charge in [0.25, 0.3) is 0 Å². The minimum absolute atomic E-state index is 0.125. The Morgan fingerprint density at radius 3 is 1.22 bits per heavy atom. The molecule has 216 valence electrons. The van der Waals surface area contributed by atoms with Crippen LogP contribution in [0.5, 0.6) is 0 Å². The van der Waals surface area contributed by atoms with Gasteiger partial charge in [0.15, 0.2) is 0 Å². The Labute approximate surface area is 235 Å². The quantitative estimate of drug-likeness (QED) is 0.310. The Morgan fingerprint density at radius 2 is 0.919 bits per heavy atom. The van der Waals surface area contributed by atoms with Crippen LogP contribution in [-0.2, 0) is 0 Å². The van der Waals surface area contributed by atoms with E-state index in [1.165, 1.54) is 0 Å². The molecule has 0 amide bonds. The molecular weight excluding hydrogens is 450 g/mol. The molecule has 0 heterocycles. The van der Waals surface area contributed by atoms with Gasteiger partial charge in [-0.3, -0.25) is 9.80 Å². The highest BCUT2D eigenvalue weighted by atomic mass is 15.2. The second-order valence-corrected chi connectivity index (χ2v) is 13.5. The molecule has 0 saturated carbocycles. The topological polar surface area (TPSA) is 9.72 Å². The second-order valence-electron chi connectivity index (χ2n) is 13.5. The maximum Gasteiger partial charge on any atom is 0.0606 e. The molecule has 0 bridgehead atoms. The third-order valence-electron chi connectivity index (χ3n) is 4.86. The van der Waals surface area contributed by atoms with Crippen molar-refractivity contribution in [2.75, 3.05) is 46.8 Å². The molecule has 0 aromatic rings. The minimum atomic E-state index is 0.125. The molecule has 0 radical (unpaired) electrons. The van der Waals surface area contributed by atoms with Crippen molar-refractivity contribution >= 4 is 0 Å². The largest absolute Gasteiger partial charge is 0.308 e. The first-order chi connectivity index (χ1) is 16.6. The molecule has 0 spiro atoms. The van der Waals surface area contributed by atoms with Crippen LogP contribution in [0.1, 0.15) is 110 Å². The molecular formula is C34H65N3. The molecule has 0 N–H and O–H groups in total. The van der Waals surface area contributed by atoms with Gasteiger partial charge in [-0.05, 0) is 117 Å². The standard InChI is InChI=1S/C13H25N.C11H21N.C10H19N/c1-11(2)14(12(3)4)10-8-9-13(5,6)7;1-6-12(7-2)10-8-9-11(3,4)5;1-10(2,3)8-6-7-9-11(4)5/h11-12H,10H2,1-7H3;6-7,10H2,1-5H3;7,9H2,1-5H3. The van der Waals surface area contributed by atoms with E-state index in [1.807, 2.05) is 0 Å². The van der Waals surface area contributed by atoms with Crippen molar-refractivity contribution in [2.45, 2.75) is 122 Å². The van der Waals surface area contributed by atoms with Gasteiger partial charge in [-0.1, -0.05) is 43.4 Å². The summed E-state index contributed by atoms with van der Waals surface area (Å²) in [6.07, 6.45) is 0.976. The molecule has 0 aliphatic heterocycles. The van der Waals surface area contributed by atoms with Gasteiger partial charge in [-0.25, -0.2) is 0 Å². The highest BCUT2D eigenvalue weighted by Gasteiger charge is 2.11. The smallest absolute Gasteiger partial charge is 0.0606 e. The Hall–Kier alpha value is -1.44. The fourth-order valence-electron chi connectivity index (χ4n) is 2.83. The van der Waals surface area contributed by atoms with Crippen molar-refractivity contribution in [1.29, 1.82) is 0 Å². The van der Waals surface area contributed by atoms with Gasteiger partial charge < -0.3 is 4.90 Å². The summed E-state index contributed by atoms with van der Waals surface area (Å²) in [5.74, 6) is 19.3. The highest BCUT2D eigenvalue weighted by molar-refractivity contribution is 5.09. The monoisotopic (exact) mass is 516 g/mol. The fraction of sp³-hybridized carbons (Fsp3) is 0.824. The summed E-state index contributed by atoms with van der Waals surface area (Å²) in [7, 11) is 4.14. The van der Waals surface area contributed by atoms with Crippen molar-refractivity contribution in [1.82, 2.24) is 14.7 Å². The van der Waals surface area contributed by atoms with E-state index in [1.54, 1.807) is 0 Å². The number of nitrogens with zero attached hydrogens (tertiary/aromatic N) is 3. The molecule has 37 heavy (non-hydrogen) atoms. The van der Waals surface area contributed by atoms with E-state index >= 15 is 0 Å². The van der Waals surface area contributed by atoms with Crippen LogP contribution in [-0.4, -0.2) is 73.6 Å². The molecule has 0 aromatic carbocycles. The van der Waals surface area contributed by atoms with Crippen LogP contribution in [0.25, 0.3) is 0 Å². The molecule has 0 rings (SSSR count). The summed E-state index contributed by atoms with van der Waals surface area (Å²) in [4.78, 5) is 6.87. The molecule has 0 aliphatic rings. The summed E-state index contributed by atoms with van der Waals surface area (Å²) in [5, 5.41) is 0. The SMILES string of the molecule is CC(C)N(CC#CC(C)(C)C)C(C)C.CCN(CC)CC#CC(C)(C)C.CN(C)CCC#CC(C)(C)C. The molecule has 0 unspecified atom stereocenters. The van der Waals surface area contributed by atoms with Crippen LogP contribution in [0.15, 0.2) is 0 Å². The first kappa shape index (κ1) is 40.1. The lowest BCUT2D eigenvalue weighted by molar-refractivity contribution is 0.199. The lowest BCUT2D eigenvalue weighted by Gasteiger charge is -2.28. The van der Waals surface area contributed by atoms with Gasteiger partial charge >= 0.3 is 0 Å². The predicted molar refractivity (Wildman–Crippen MR) is 170 cm³/mol. The van der Waals surface area contributed by atoms with Crippen LogP contribution < -0.4 is 0 Å². The third kappa shape index (κ3) is 34.6. The van der Waals surface area contributed by atoms with Gasteiger partial charge in [0.05, 0.1) is 13.1 Å². The van der Waals surface area contributed by atoms with E-state index < -0.39 is 0 Å². The Bertz CT molecular complexity index is 724. The van der Waals surface area contributed by atoms with E-state index in [4.69, 9.17) is 0 Å². The second kappa shape index (κ2) is 20.5. The first-order valence-electron chi connectivity index (χ1n) is 14.3. The van der Waals surface area contributed by atoms with E-state index in [0.29, 0.717) is 12.1 Å². The van der Waals surface area contributed by atoms with Crippen LogP contribution in [0.2, 0.25) is 0 Å². The van der Waals surface area contributed by atoms with Crippen molar-refractivity contribution in [3.05, 3.63) is 0 Å². The average molecular weight is 516 g/mol. The van der Waals surface area contributed by atoms with E-state index in [2.05, 4.69) is 168 Å². The first-order valence-corrected chi connectivity index (χ1v) is 14.3. The molecule has 0 fully saturated rings. The van der Waals surface area contributed by atoms with Crippen molar-refractivity contribution in [3.8, 4) is 35.5 Å². The molecule has 3 heteroatoms. The van der Waals surface area contributed by atoms with E-state index in [0.717, 1.165) is 39.1 Å². The molecule has 0 saturated heterocycles. The minimum Gasteiger partial charge on any atom is -0.308 e. The number of hydrogen-bond donors (Lipinski definition) is 0. The molecule has 0 aliphatic carbocycles. The molecule has 3 nitrogen and oxygen atoms in total. The highest BCUT2D eigenvalue weighted by Crippen LogP contribution is 2.11. The average Bonchev–Trinajstić information content (AvgIpc) is 2.70. The van der Waals surface area contributed by atoms with Gasteiger partial charge in [0.1, 0.15) is 0 Å². The van der Waals surface area contributed by atoms with Gasteiger partial charge in [0, 0.05) is 41.3 Å². The lowest BCUT2D eigenvalue weighted by Crippen LogP contribution is -2.37. The zero-order valence-corrected chi connectivity index (χ0v) is 28.2. The van der Waals surface area contributed by atoms with Gasteiger partial charge in [-0.15, -0.1) is 5.92 Å². The Kier molecular flexibility index (Phi) is 22.2. The van der Waals surface area contributed by atoms with Crippen LogP contribution >= 0.6 is 0 Å². The zero-order valence-electron chi connectivity index (χ0n) is 28.2. The summed E-state index contributed by atoms with van der Waals surface area (Å²) < 4.78 is 0. The van der Waals surface area contributed by atoms with Gasteiger partial charge in [0.2, 0.25) is 0 Å². The Morgan fingerprint density at radius 1 is 0.568 bits per heavy atom. The van der Waals surface area contributed by atoms with Crippen LogP contribution in [0.4, 0.5) is 0 Å². The van der Waals surface area contributed by atoms with E-state index in [-0.39, 0.29) is 16.2 Å². The Balaban J connectivity index is -0.000000473. The van der Waals surface area contributed by atoms with Crippen molar-refractivity contribution in [2.24, 2.45) is 16.2 Å². The van der Waals surface area contributed by atoms with Crippen molar-refractivity contribution in [3.63, 3.8) is 0 Å². The zero-order chi connectivity index (χ0) is 29.9. The molecule has 0 atom stereocenters. The third-order valence-corrected chi connectivity index (χ3v) is 4.86. The normalized spacial score (nSPS) is 11.5. The van der Waals surface area contributed by atoms with Crippen molar-refractivity contribution < 1.29 is 0 Å². The number of hydrogen-bond acceptors (Lipinski definition) is 3. The number of rotatable bonds is 8.